The molecular formula is C8H7F2N3. The number of nitriles is 1. The van der Waals surface area contributed by atoms with E-state index in [0.717, 1.165) is 6.07 Å². The van der Waals surface area contributed by atoms with Crippen LogP contribution in [0.5, 0.6) is 0 Å². The molecule has 0 saturated carbocycles. The molecule has 0 unspecified atom stereocenters. The largest absolute Gasteiger partial charge is 0.383 e. The van der Waals surface area contributed by atoms with E-state index < -0.39 is 12.1 Å². The van der Waals surface area contributed by atoms with E-state index in [1.807, 2.05) is 0 Å². The van der Waals surface area contributed by atoms with Gasteiger partial charge in [0.1, 0.15) is 11.5 Å². The average molecular weight is 183 g/mol. The highest BCUT2D eigenvalue weighted by Crippen LogP contribution is 2.22. The van der Waals surface area contributed by atoms with Gasteiger partial charge in [-0.25, -0.2) is 13.8 Å². The molecule has 0 aliphatic carbocycles. The maximum Gasteiger partial charge on any atom is 0.280 e. The second-order valence-corrected chi connectivity index (χ2v) is 2.52. The van der Waals surface area contributed by atoms with Gasteiger partial charge in [-0.1, -0.05) is 0 Å². The molecule has 0 saturated heterocycles. The highest BCUT2D eigenvalue weighted by atomic mass is 19.3. The quantitative estimate of drug-likeness (QED) is 0.721. The molecule has 0 spiro atoms. The van der Waals surface area contributed by atoms with Crippen molar-refractivity contribution in [1.82, 2.24) is 4.98 Å². The third-order valence-electron chi connectivity index (χ3n) is 1.67. The smallest absolute Gasteiger partial charge is 0.280 e. The Labute approximate surface area is 73.8 Å². The molecule has 1 aromatic rings. The number of alkyl halides is 2. The Hall–Kier alpha value is -1.70. The summed E-state index contributed by atoms with van der Waals surface area (Å²) >= 11 is 0. The minimum absolute atomic E-state index is 0.0191. The summed E-state index contributed by atoms with van der Waals surface area (Å²) < 4.78 is 24.3. The molecular weight excluding hydrogens is 176 g/mol. The minimum atomic E-state index is -2.70. The predicted molar refractivity (Wildman–Crippen MR) is 43.1 cm³/mol. The van der Waals surface area contributed by atoms with Crippen molar-refractivity contribution in [2.75, 3.05) is 5.73 Å². The summed E-state index contributed by atoms with van der Waals surface area (Å²) in [5.41, 5.74) is 5.46. The van der Waals surface area contributed by atoms with E-state index in [1.165, 1.54) is 0 Å². The highest BCUT2D eigenvalue weighted by Gasteiger charge is 2.13. The summed E-state index contributed by atoms with van der Waals surface area (Å²) in [4.78, 5) is 3.46. The van der Waals surface area contributed by atoms with Crippen LogP contribution in [0.25, 0.3) is 0 Å². The van der Waals surface area contributed by atoms with Gasteiger partial charge in [0, 0.05) is 5.56 Å². The number of aromatic nitrogens is 1. The first-order valence-electron chi connectivity index (χ1n) is 3.51. The normalized spacial score (nSPS) is 10.1. The first-order valence-corrected chi connectivity index (χ1v) is 3.51. The molecule has 3 nitrogen and oxygen atoms in total. The number of nitrogen functional groups attached to an aromatic ring is 1. The lowest BCUT2D eigenvalue weighted by atomic mass is 10.1. The number of pyridine rings is 1. The van der Waals surface area contributed by atoms with Gasteiger partial charge in [-0.2, -0.15) is 5.26 Å². The number of rotatable bonds is 1. The molecule has 1 heterocycles. The Balaban J connectivity index is 3.32. The fourth-order valence-corrected chi connectivity index (χ4v) is 0.877. The van der Waals surface area contributed by atoms with Crippen LogP contribution in [-0.4, -0.2) is 4.98 Å². The number of hydrogen-bond donors (Lipinski definition) is 1. The van der Waals surface area contributed by atoms with Crippen LogP contribution in [0, 0.1) is 18.3 Å². The molecule has 0 aliphatic rings. The summed E-state index contributed by atoms with van der Waals surface area (Å²) in [5.74, 6) is -0.0191. The maximum absolute atomic E-state index is 12.2. The Bertz CT molecular complexity index is 368. The van der Waals surface area contributed by atoms with Crippen molar-refractivity contribution in [3.8, 4) is 6.07 Å². The number of nitrogens with zero attached hydrogens (tertiary/aromatic N) is 2. The van der Waals surface area contributed by atoms with Crippen LogP contribution >= 0.6 is 0 Å². The Kier molecular flexibility index (Phi) is 2.42. The SMILES string of the molecule is Cc1c(C#N)cc(C(F)F)nc1N. The van der Waals surface area contributed by atoms with Crippen LogP contribution < -0.4 is 5.73 Å². The molecule has 0 amide bonds. The Morgan fingerprint density at radius 3 is 2.69 bits per heavy atom. The maximum atomic E-state index is 12.2. The zero-order valence-electron chi connectivity index (χ0n) is 6.88. The Morgan fingerprint density at radius 2 is 2.23 bits per heavy atom. The fraction of sp³-hybridized carbons (Fsp3) is 0.250. The third kappa shape index (κ3) is 1.72. The van der Waals surface area contributed by atoms with Crippen molar-refractivity contribution in [2.24, 2.45) is 0 Å². The van der Waals surface area contributed by atoms with Crippen molar-refractivity contribution < 1.29 is 8.78 Å². The van der Waals surface area contributed by atoms with Gasteiger partial charge in [-0.15, -0.1) is 0 Å². The van der Waals surface area contributed by atoms with Gasteiger partial charge in [0.05, 0.1) is 11.6 Å². The van der Waals surface area contributed by atoms with Crippen LogP contribution in [0.1, 0.15) is 23.2 Å². The molecule has 2 N–H and O–H groups in total. The van der Waals surface area contributed by atoms with E-state index in [4.69, 9.17) is 11.0 Å². The van der Waals surface area contributed by atoms with Gasteiger partial charge in [0.15, 0.2) is 0 Å². The first-order chi connectivity index (χ1) is 6.06. The fourth-order valence-electron chi connectivity index (χ4n) is 0.877. The van der Waals surface area contributed by atoms with Gasteiger partial charge in [0.2, 0.25) is 0 Å². The van der Waals surface area contributed by atoms with Crippen molar-refractivity contribution >= 4 is 5.82 Å². The van der Waals surface area contributed by atoms with Crippen molar-refractivity contribution in [3.05, 3.63) is 22.9 Å². The van der Waals surface area contributed by atoms with Gasteiger partial charge in [-0.05, 0) is 13.0 Å². The standard InChI is InChI=1S/C8H7F2N3/c1-4-5(3-11)2-6(7(9)10)13-8(4)12/h2,7H,1H3,(H2,12,13). The molecule has 1 aromatic heterocycles. The zero-order valence-corrected chi connectivity index (χ0v) is 6.88. The van der Waals surface area contributed by atoms with Crippen LogP contribution in [0.3, 0.4) is 0 Å². The summed E-state index contributed by atoms with van der Waals surface area (Å²) in [5, 5.41) is 8.57. The second-order valence-electron chi connectivity index (χ2n) is 2.52. The molecule has 0 aromatic carbocycles. The molecule has 5 heteroatoms. The van der Waals surface area contributed by atoms with Gasteiger partial charge >= 0.3 is 0 Å². The lowest BCUT2D eigenvalue weighted by molar-refractivity contribution is 0.146. The molecule has 1 rings (SSSR count). The van der Waals surface area contributed by atoms with E-state index in [0.29, 0.717) is 5.56 Å². The van der Waals surface area contributed by atoms with Crippen LogP contribution in [0.4, 0.5) is 14.6 Å². The zero-order chi connectivity index (χ0) is 10.0. The lowest BCUT2D eigenvalue weighted by Gasteiger charge is -2.04. The summed E-state index contributed by atoms with van der Waals surface area (Å²) in [6.07, 6.45) is -2.70. The molecule has 0 radical (unpaired) electrons. The Morgan fingerprint density at radius 1 is 1.62 bits per heavy atom. The molecule has 13 heavy (non-hydrogen) atoms. The van der Waals surface area contributed by atoms with Gasteiger partial charge < -0.3 is 5.73 Å². The summed E-state index contributed by atoms with van der Waals surface area (Å²) in [6, 6.07) is 2.83. The first kappa shape index (κ1) is 9.39. The second kappa shape index (κ2) is 3.35. The molecule has 68 valence electrons. The van der Waals surface area contributed by atoms with E-state index in [1.54, 1.807) is 13.0 Å². The monoisotopic (exact) mass is 183 g/mol. The van der Waals surface area contributed by atoms with E-state index in [2.05, 4.69) is 4.98 Å². The van der Waals surface area contributed by atoms with Crippen molar-refractivity contribution in [1.29, 1.82) is 5.26 Å². The van der Waals surface area contributed by atoms with Crippen LogP contribution in [0.2, 0.25) is 0 Å². The highest BCUT2D eigenvalue weighted by molar-refractivity contribution is 5.50. The minimum Gasteiger partial charge on any atom is -0.383 e. The van der Waals surface area contributed by atoms with Crippen LogP contribution in [0.15, 0.2) is 6.07 Å². The average Bonchev–Trinajstić information content (AvgIpc) is 2.09. The summed E-state index contributed by atoms with van der Waals surface area (Å²) in [7, 11) is 0. The topological polar surface area (TPSA) is 62.7 Å². The lowest BCUT2D eigenvalue weighted by Crippen LogP contribution is -2.01. The molecule has 0 aliphatic heterocycles. The van der Waals surface area contributed by atoms with E-state index >= 15 is 0 Å². The van der Waals surface area contributed by atoms with Crippen molar-refractivity contribution in [3.63, 3.8) is 0 Å². The number of hydrogen-bond acceptors (Lipinski definition) is 3. The molecule has 0 atom stereocenters. The van der Waals surface area contributed by atoms with Crippen molar-refractivity contribution in [2.45, 2.75) is 13.3 Å². The number of halogens is 2. The van der Waals surface area contributed by atoms with Gasteiger partial charge in [0.25, 0.3) is 6.43 Å². The molecule has 0 bridgehead atoms. The van der Waals surface area contributed by atoms with E-state index in [-0.39, 0.29) is 11.4 Å². The number of anilines is 1. The van der Waals surface area contributed by atoms with E-state index in [9.17, 15) is 8.78 Å². The number of nitrogens with two attached hydrogens (primary N) is 1. The summed E-state index contributed by atoms with van der Waals surface area (Å²) in [6.45, 7) is 1.57. The van der Waals surface area contributed by atoms with Crippen LogP contribution in [-0.2, 0) is 0 Å². The van der Waals surface area contributed by atoms with Gasteiger partial charge in [-0.3, -0.25) is 0 Å². The molecule has 0 fully saturated rings. The predicted octanol–water partition coefficient (Wildman–Crippen LogP) is 1.78. The third-order valence-corrected chi connectivity index (χ3v) is 1.67.